The topological polar surface area (TPSA) is 61.6 Å². The Morgan fingerprint density at radius 1 is 1.64 bits per heavy atom. The van der Waals surface area contributed by atoms with Gasteiger partial charge in [0.25, 0.3) is 0 Å². The van der Waals surface area contributed by atoms with Gasteiger partial charge >= 0.3 is 5.97 Å². The molecule has 82 valence electrons. The van der Waals surface area contributed by atoms with Gasteiger partial charge in [-0.3, -0.25) is 4.79 Å². The predicted octanol–water partition coefficient (Wildman–Crippen LogP) is 0.834. The molecule has 2 N–H and O–H groups in total. The second kappa shape index (κ2) is 4.28. The van der Waals surface area contributed by atoms with E-state index in [1.807, 2.05) is 13.8 Å². The van der Waals surface area contributed by atoms with Gasteiger partial charge in [0.05, 0.1) is 12.2 Å². The number of hydrogen-bond acceptors (Lipinski definition) is 4. The van der Waals surface area contributed by atoms with Crippen molar-refractivity contribution >= 4 is 5.97 Å². The molecule has 1 heterocycles. The Morgan fingerprint density at radius 2 is 2.29 bits per heavy atom. The fourth-order valence-corrected chi connectivity index (χ4v) is 1.55. The highest BCUT2D eigenvalue weighted by molar-refractivity contribution is 5.75. The molecule has 1 aliphatic rings. The van der Waals surface area contributed by atoms with E-state index >= 15 is 0 Å². The van der Waals surface area contributed by atoms with E-state index in [1.54, 1.807) is 6.92 Å². The Labute approximate surface area is 84.7 Å². The third-order valence-electron chi connectivity index (χ3n) is 2.31. The van der Waals surface area contributed by atoms with Crippen molar-refractivity contribution < 1.29 is 14.3 Å². The first-order valence-electron chi connectivity index (χ1n) is 5.01. The molecular formula is C10H19NO3. The van der Waals surface area contributed by atoms with Crippen molar-refractivity contribution in [2.75, 3.05) is 6.61 Å². The van der Waals surface area contributed by atoms with E-state index < -0.39 is 6.04 Å². The van der Waals surface area contributed by atoms with Crippen molar-refractivity contribution in [2.24, 2.45) is 5.73 Å². The monoisotopic (exact) mass is 201 g/mol. The summed E-state index contributed by atoms with van der Waals surface area (Å²) in [6, 6.07) is -0.541. The van der Waals surface area contributed by atoms with Crippen molar-refractivity contribution in [3.8, 4) is 0 Å². The fourth-order valence-electron chi connectivity index (χ4n) is 1.55. The van der Waals surface area contributed by atoms with Gasteiger partial charge in [-0.05, 0) is 20.8 Å². The number of carbonyl (C=O) groups is 1. The molecule has 2 atom stereocenters. The average Bonchev–Trinajstić information content (AvgIpc) is 2.01. The summed E-state index contributed by atoms with van der Waals surface area (Å²) in [7, 11) is 0. The van der Waals surface area contributed by atoms with Crippen LogP contribution in [0.25, 0.3) is 0 Å². The summed E-state index contributed by atoms with van der Waals surface area (Å²) in [5.74, 6) is -0.326. The minimum absolute atomic E-state index is 0.0442. The van der Waals surface area contributed by atoms with Gasteiger partial charge in [0, 0.05) is 12.8 Å². The van der Waals surface area contributed by atoms with E-state index in [9.17, 15) is 4.79 Å². The second-order valence-corrected chi connectivity index (χ2v) is 4.45. The van der Waals surface area contributed by atoms with Crippen LogP contribution in [0.5, 0.6) is 0 Å². The first-order valence-corrected chi connectivity index (χ1v) is 5.01. The molecular weight excluding hydrogens is 182 g/mol. The molecule has 0 saturated carbocycles. The average molecular weight is 201 g/mol. The molecule has 4 heteroatoms. The number of esters is 1. The maximum Gasteiger partial charge on any atom is 0.322 e. The smallest absolute Gasteiger partial charge is 0.322 e. The summed E-state index contributed by atoms with van der Waals surface area (Å²) in [6.07, 6.45) is 1.46. The second-order valence-electron chi connectivity index (χ2n) is 4.45. The summed E-state index contributed by atoms with van der Waals surface area (Å²) in [6.45, 7) is 6.27. The molecule has 0 spiro atoms. The molecule has 0 aromatic rings. The molecule has 0 aromatic heterocycles. The molecule has 0 aliphatic carbocycles. The van der Waals surface area contributed by atoms with Crippen LogP contribution in [0.2, 0.25) is 0 Å². The van der Waals surface area contributed by atoms with Crippen LogP contribution < -0.4 is 5.73 Å². The van der Waals surface area contributed by atoms with Crippen LogP contribution in [0.3, 0.4) is 0 Å². The lowest BCUT2D eigenvalue weighted by Crippen LogP contribution is -2.41. The summed E-state index contributed by atoms with van der Waals surface area (Å²) < 4.78 is 10.8. The zero-order chi connectivity index (χ0) is 10.8. The van der Waals surface area contributed by atoms with Gasteiger partial charge < -0.3 is 15.2 Å². The summed E-state index contributed by atoms with van der Waals surface area (Å²) >= 11 is 0. The molecule has 14 heavy (non-hydrogen) atoms. The van der Waals surface area contributed by atoms with E-state index in [1.165, 1.54) is 0 Å². The highest BCUT2D eigenvalue weighted by Crippen LogP contribution is 2.25. The standard InChI is InChI=1S/C10H19NO3/c1-7(11)9(12)14-8-4-5-13-10(2,3)6-8/h7-8H,4-6,11H2,1-3H3/t7-,8?/m0/s1. The van der Waals surface area contributed by atoms with Crippen LogP contribution in [-0.4, -0.2) is 30.3 Å². The van der Waals surface area contributed by atoms with E-state index in [0.29, 0.717) is 6.61 Å². The Balaban J connectivity index is 2.42. The number of ether oxygens (including phenoxy) is 2. The van der Waals surface area contributed by atoms with E-state index in [0.717, 1.165) is 12.8 Å². The van der Waals surface area contributed by atoms with Gasteiger partial charge in [0.15, 0.2) is 0 Å². The summed E-state index contributed by atoms with van der Waals surface area (Å²) in [5, 5.41) is 0. The number of hydrogen-bond donors (Lipinski definition) is 1. The lowest BCUT2D eigenvalue weighted by atomic mass is 9.96. The molecule has 1 rings (SSSR count). The largest absolute Gasteiger partial charge is 0.461 e. The number of carbonyl (C=O) groups excluding carboxylic acids is 1. The predicted molar refractivity (Wildman–Crippen MR) is 52.8 cm³/mol. The van der Waals surface area contributed by atoms with Crippen LogP contribution >= 0.6 is 0 Å². The number of rotatable bonds is 2. The maximum absolute atomic E-state index is 11.2. The maximum atomic E-state index is 11.2. The third kappa shape index (κ3) is 3.27. The fraction of sp³-hybridized carbons (Fsp3) is 0.900. The van der Waals surface area contributed by atoms with Gasteiger partial charge in [0.2, 0.25) is 0 Å². The quantitative estimate of drug-likeness (QED) is 0.672. The van der Waals surface area contributed by atoms with Gasteiger partial charge in [-0.1, -0.05) is 0 Å². The molecule has 0 radical (unpaired) electrons. The number of nitrogens with two attached hydrogens (primary N) is 1. The van der Waals surface area contributed by atoms with Crippen molar-refractivity contribution in [3.05, 3.63) is 0 Å². The Kier molecular flexibility index (Phi) is 3.50. The van der Waals surface area contributed by atoms with Crippen LogP contribution in [-0.2, 0) is 14.3 Å². The zero-order valence-electron chi connectivity index (χ0n) is 9.08. The lowest BCUT2D eigenvalue weighted by Gasteiger charge is -2.35. The van der Waals surface area contributed by atoms with Crippen LogP contribution in [0.15, 0.2) is 0 Å². The Hall–Kier alpha value is -0.610. The summed E-state index contributed by atoms with van der Waals surface area (Å²) in [4.78, 5) is 11.2. The van der Waals surface area contributed by atoms with Crippen molar-refractivity contribution in [2.45, 2.75) is 51.4 Å². The lowest BCUT2D eigenvalue weighted by molar-refractivity contribution is -0.162. The minimum atomic E-state index is -0.541. The van der Waals surface area contributed by atoms with E-state index in [-0.39, 0.29) is 17.7 Å². The normalized spacial score (nSPS) is 28.1. The van der Waals surface area contributed by atoms with Gasteiger partial charge in [-0.2, -0.15) is 0 Å². The minimum Gasteiger partial charge on any atom is -0.461 e. The van der Waals surface area contributed by atoms with E-state index in [2.05, 4.69) is 0 Å². The van der Waals surface area contributed by atoms with Crippen molar-refractivity contribution in [1.29, 1.82) is 0 Å². The van der Waals surface area contributed by atoms with Gasteiger partial charge in [-0.15, -0.1) is 0 Å². The summed E-state index contributed by atoms with van der Waals surface area (Å²) in [5.41, 5.74) is 5.22. The third-order valence-corrected chi connectivity index (χ3v) is 2.31. The molecule has 4 nitrogen and oxygen atoms in total. The first kappa shape index (κ1) is 11.5. The van der Waals surface area contributed by atoms with E-state index in [4.69, 9.17) is 15.2 Å². The van der Waals surface area contributed by atoms with Crippen molar-refractivity contribution in [3.63, 3.8) is 0 Å². The molecule has 0 aromatic carbocycles. The first-order chi connectivity index (χ1) is 6.41. The molecule has 1 saturated heterocycles. The Bertz CT molecular complexity index is 213. The van der Waals surface area contributed by atoms with Crippen LogP contribution in [0, 0.1) is 0 Å². The molecule has 1 fully saturated rings. The molecule has 1 unspecified atom stereocenters. The highest BCUT2D eigenvalue weighted by atomic mass is 16.6. The highest BCUT2D eigenvalue weighted by Gasteiger charge is 2.31. The Morgan fingerprint density at radius 3 is 2.79 bits per heavy atom. The van der Waals surface area contributed by atoms with Crippen LogP contribution in [0.4, 0.5) is 0 Å². The van der Waals surface area contributed by atoms with Crippen LogP contribution in [0.1, 0.15) is 33.6 Å². The molecule has 0 bridgehead atoms. The zero-order valence-corrected chi connectivity index (χ0v) is 9.08. The SMILES string of the molecule is C[C@H](N)C(=O)OC1CCOC(C)(C)C1. The molecule has 1 aliphatic heterocycles. The van der Waals surface area contributed by atoms with Crippen molar-refractivity contribution in [1.82, 2.24) is 0 Å². The van der Waals surface area contributed by atoms with Gasteiger partial charge in [0.1, 0.15) is 12.1 Å². The molecule has 0 amide bonds. The van der Waals surface area contributed by atoms with Gasteiger partial charge in [-0.25, -0.2) is 0 Å².